The smallest absolute Gasteiger partial charge is 0.341 e. The average Bonchev–Trinajstić information content (AvgIpc) is 2.18. The molecule has 0 saturated heterocycles. The fourth-order valence-electron chi connectivity index (χ4n) is 0.962. The molecule has 1 aromatic carbocycles. The lowest BCUT2D eigenvalue weighted by Gasteiger charge is -2.12. The van der Waals surface area contributed by atoms with E-state index in [1.165, 1.54) is 7.11 Å². The van der Waals surface area contributed by atoms with E-state index in [2.05, 4.69) is 5.32 Å². The maximum atomic E-state index is 10.5. The zero-order valence-electron chi connectivity index (χ0n) is 7.53. The van der Waals surface area contributed by atoms with Crippen molar-refractivity contribution >= 4 is 23.3 Å². The Balaban J connectivity index is 2.80. The number of anilines is 1. The Morgan fingerprint density at radius 2 is 2.21 bits per heavy atom. The maximum absolute atomic E-state index is 10.5. The number of aliphatic carboxylic acids is 1. The van der Waals surface area contributed by atoms with Gasteiger partial charge in [-0.2, -0.15) is 0 Å². The number of nitrogens with one attached hydrogen (secondary N) is 1. The molecule has 0 spiro atoms. The Bertz CT molecular complexity index is 330. The minimum Gasteiger partial charge on any atom is -0.495 e. The van der Waals surface area contributed by atoms with Crippen LogP contribution in [0.5, 0.6) is 5.75 Å². The summed E-state index contributed by atoms with van der Waals surface area (Å²) in [4.78, 5) is 10.5. The Kier molecular flexibility index (Phi) is 3.59. The third-order valence-corrected chi connectivity index (χ3v) is 1.90. The number of para-hydroxylation sites is 2. The summed E-state index contributed by atoms with van der Waals surface area (Å²) in [6.45, 7) is 0. The monoisotopic (exact) mass is 215 g/mol. The van der Waals surface area contributed by atoms with Gasteiger partial charge in [0.15, 0.2) is 5.50 Å². The van der Waals surface area contributed by atoms with Crippen molar-refractivity contribution in [2.24, 2.45) is 0 Å². The van der Waals surface area contributed by atoms with Crippen molar-refractivity contribution < 1.29 is 14.6 Å². The molecule has 76 valence electrons. The zero-order chi connectivity index (χ0) is 10.6. The molecule has 0 bridgehead atoms. The van der Waals surface area contributed by atoms with Crippen LogP contribution in [0.15, 0.2) is 24.3 Å². The van der Waals surface area contributed by atoms with Crippen molar-refractivity contribution in [3.8, 4) is 5.75 Å². The summed E-state index contributed by atoms with van der Waals surface area (Å²) in [5.74, 6) is -0.572. The van der Waals surface area contributed by atoms with E-state index < -0.39 is 11.5 Å². The molecule has 4 nitrogen and oxygen atoms in total. The number of hydrogen-bond donors (Lipinski definition) is 2. The van der Waals surface area contributed by atoms with Crippen LogP contribution in [-0.4, -0.2) is 23.7 Å². The van der Waals surface area contributed by atoms with Gasteiger partial charge in [-0.05, 0) is 12.1 Å². The maximum Gasteiger partial charge on any atom is 0.341 e. The van der Waals surface area contributed by atoms with E-state index in [9.17, 15) is 4.79 Å². The molecule has 5 heteroatoms. The van der Waals surface area contributed by atoms with E-state index in [1.54, 1.807) is 24.3 Å². The topological polar surface area (TPSA) is 58.6 Å². The molecule has 0 radical (unpaired) electrons. The Hall–Kier alpha value is -1.42. The number of rotatable bonds is 4. The van der Waals surface area contributed by atoms with Gasteiger partial charge in [0, 0.05) is 0 Å². The van der Waals surface area contributed by atoms with E-state index in [0.717, 1.165) is 0 Å². The molecule has 1 rings (SSSR count). The second-order valence-corrected chi connectivity index (χ2v) is 2.98. The molecule has 0 aliphatic heterocycles. The quantitative estimate of drug-likeness (QED) is 0.594. The lowest BCUT2D eigenvalue weighted by atomic mass is 10.3. The number of carboxylic acids is 1. The predicted molar refractivity (Wildman–Crippen MR) is 53.9 cm³/mol. The first-order chi connectivity index (χ1) is 6.65. The summed E-state index contributed by atoms with van der Waals surface area (Å²) in [6.07, 6.45) is 0. The number of benzene rings is 1. The first-order valence-corrected chi connectivity index (χ1v) is 4.35. The summed E-state index contributed by atoms with van der Waals surface area (Å²) in [7, 11) is 1.50. The summed E-state index contributed by atoms with van der Waals surface area (Å²) < 4.78 is 5.01. The van der Waals surface area contributed by atoms with Crippen LogP contribution >= 0.6 is 11.6 Å². The highest BCUT2D eigenvalue weighted by Gasteiger charge is 2.14. The Morgan fingerprint density at radius 1 is 1.57 bits per heavy atom. The number of carbonyl (C=O) groups is 1. The molecule has 0 fully saturated rings. The fraction of sp³-hybridized carbons (Fsp3) is 0.222. The minimum absolute atomic E-state index is 0.553. The zero-order valence-corrected chi connectivity index (χ0v) is 8.28. The summed E-state index contributed by atoms with van der Waals surface area (Å²) in [5, 5.41) is 11.2. The number of halogens is 1. The average molecular weight is 216 g/mol. The first kappa shape index (κ1) is 10.7. The van der Waals surface area contributed by atoms with E-state index in [-0.39, 0.29) is 0 Å². The van der Waals surface area contributed by atoms with Gasteiger partial charge in [0.25, 0.3) is 0 Å². The molecule has 0 aromatic heterocycles. The Labute approximate surface area is 86.4 Å². The van der Waals surface area contributed by atoms with Gasteiger partial charge in [-0.3, -0.25) is 0 Å². The van der Waals surface area contributed by atoms with E-state index in [4.69, 9.17) is 21.4 Å². The molecule has 0 aliphatic rings. The van der Waals surface area contributed by atoms with Gasteiger partial charge in [-0.15, -0.1) is 0 Å². The fourth-order valence-corrected chi connectivity index (χ4v) is 1.08. The van der Waals surface area contributed by atoms with Crippen LogP contribution in [0.1, 0.15) is 0 Å². The highest BCUT2D eigenvalue weighted by molar-refractivity contribution is 6.30. The summed E-state index contributed by atoms with van der Waals surface area (Å²) >= 11 is 5.51. The standard InChI is InChI=1S/C9H10ClNO3/c1-14-7-5-3-2-4-6(7)11-8(10)9(12)13/h2-5,8,11H,1H3,(H,12,13). The highest BCUT2D eigenvalue weighted by atomic mass is 35.5. The van der Waals surface area contributed by atoms with Crippen molar-refractivity contribution in [1.82, 2.24) is 0 Å². The van der Waals surface area contributed by atoms with Crippen LogP contribution in [-0.2, 0) is 4.79 Å². The molecular formula is C9H10ClNO3. The SMILES string of the molecule is COc1ccccc1NC(Cl)C(=O)O. The molecule has 2 N–H and O–H groups in total. The summed E-state index contributed by atoms with van der Waals surface area (Å²) in [5.41, 5.74) is -0.608. The molecule has 0 heterocycles. The number of ether oxygens (including phenoxy) is 1. The molecule has 14 heavy (non-hydrogen) atoms. The number of hydrogen-bond acceptors (Lipinski definition) is 3. The first-order valence-electron chi connectivity index (χ1n) is 3.91. The molecule has 0 aliphatic carbocycles. The van der Waals surface area contributed by atoms with Crippen molar-refractivity contribution in [2.45, 2.75) is 5.50 Å². The lowest BCUT2D eigenvalue weighted by molar-refractivity contribution is -0.136. The van der Waals surface area contributed by atoms with Crippen LogP contribution < -0.4 is 10.1 Å². The predicted octanol–water partition coefficient (Wildman–Crippen LogP) is 1.76. The van der Waals surface area contributed by atoms with E-state index in [0.29, 0.717) is 11.4 Å². The number of carboxylic acid groups (broad SMARTS) is 1. The number of alkyl halides is 1. The third-order valence-electron chi connectivity index (χ3n) is 1.61. The van der Waals surface area contributed by atoms with Crippen LogP contribution in [0.25, 0.3) is 0 Å². The second-order valence-electron chi connectivity index (χ2n) is 2.55. The normalized spacial score (nSPS) is 11.9. The van der Waals surface area contributed by atoms with Gasteiger partial charge < -0.3 is 15.2 Å². The highest BCUT2D eigenvalue weighted by Crippen LogP contribution is 2.24. The van der Waals surface area contributed by atoms with Gasteiger partial charge in [-0.1, -0.05) is 23.7 Å². The van der Waals surface area contributed by atoms with Gasteiger partial charge in [-0.25, -0.2) is 4.79 Å². The van der Waals surface area contributed by atoms with Crippen molar-refractivity contribution in [2.75, 3.05) is 12.4 Å². The van der Waals surface area contributed by atoms with Crippen LogP contribution in [0.3, 0.4) is 0 Å². The molecular weight excluding hydrogens is 206 g/mol. The molecule has 1 atom stereocenters. The minimum atomic E-state index is -1.16. The molecule has 0 amide bonds. The third kappa shape index (κ3) is 2.53. The van der Waals surface area contributed by atoms with Crippen LogP contribution in [0.2, 0.25) is 0 Å². The van der Waals surface area contributed by atoms with Crippen molar-refractivity contribution in [3.05, 3.63) is 24.3 Å². The summed E-state index contributed by atoms with van der Waals surface area (Å²) in [6, 6.07) is 6.95. The van der Waals surface area contributed by atoms with E-state index in [1.807, 2.05) is 0 Å². The largest absolute Gasteiger partial charge is 0.495 e. The lowest BCUT2D eigenvalue weighted by Crippen LogP contribution is -2.22. The molecule has 1 aromatic rings. The number of methoxy groups -OCH3 is 1. The van der Waals surface area contributed by atoms with Crippen molar-refractivity contribution in [1.29, 1.82) is 0 Å². The van der Waals surface area contributed by atoms with Crippen molar-refractivity contribution in [3.63, 3.8) is 0 Å². The molecule has 0 saturated carbocycles. The van der Waals surface area contributed by atoms with Gasteiger partial charge >= 0.3 is 5.97 Å². The van der Waals surface area contributed by atoms with E-state index >= 15 is 0 Å². The van der Waals surface area contributed by atoms with Crippen LogP contribution in [0, 0.1) is 0 Å². The van der Waals surface area contributed by atoms with Crippen LogP contribution in [0.4, 0.5) is 5.69 Å². The van der Waals surface area contributed by atoms with Gasteiger partial charge in [0.2, 0.25) is 0 Å². The Morgan fingerprint density at radius 3 is 2.79 bits per heavy atom. The van der Waals surface area contributed by atoms with Gasteiger partial charge in [0.1, 0.15) is 5.75 Å². The molecule has 1 unspecified atom stereocenters. The second kappa shape index (κ2) is 4.72. The van der Waals surface area contributed by atoms with Gasteiger partial charge in [0.05, 0.1) is 12.8 Å².